The van der Waals surface area contributed by atoms with Crippen molar-refractivity contribution in [2.45, 2.75) is 19.8 Å². The standard InChI is InChI=1S/C22H29N5O4/c1-3-31-22(29)26-13-11-25(12-14-26)19-20(24-18-9-5-4-8-17(18)23-19)27-10-6-7-16(15-27)21(28)30-2/h4-5,8-9,16H,3,6-7,10-15H2,1-2H3. The first kappa shape index (κ1) is 21.1. The van der Waals surface area contributed by atoms with Gasteiger partial charge in [0.1, 0.15) is 0 Å². The van der Waals surface area contributed by atoms with Gasteiger partial charge in [0, 0.05) is 39.3 Å². The van der Waals surface area contributed by atoms with E-state index in [0.717, 1.165) is 42.1 Å². The summed E-state index contributed by atoms with van der Waals surface area (Å²) in [4.78, 5) is 40.1. The highest BCUT2D eigenvalue weighted by atomic mass is 16.6. The van der Waals surface area contributed by atoms with Crippen LogP contribution < -0.4 is 9.80 Å². The van der Waals surface area contributed by atoms with E-state index in [0.29, 0.717) is 39.3 Å². The number of aromatic nitrogens is 2. The minimum atomic E-state index is -0.274. The lowest BCUT2D eigenvalue weighted by molar-refractivity contribution is -0.145. The lowest BCUT2D eigenvalue weighted by Crippen LogP contribution is -2.50. The van der Waals surface area contributed by atoms with Gasteiger partial charge in [0.2, 0.25) is 0 Å². The number of para-hydroxylation sites is 2. The maximum Gasteiger partial charge on any atom is 0.409 e. The zero-order chi connectivity index (χ0) is 21.8. The van der Waals surface area contributed by atoms with Gasteiger partial charge in [0.05, 0.1) is 30.7 Å². The van der Waals surface area contributed by atoms with Gasteiger partial charge in [-0.1, -0.05) is 12.1 Å². The van der Waals surface area contributed by atoms with E-state index < -0.39 is 0 Å². The number of carbonyl (C=O) groups excluding carboxylic acids is 2. The van der Waals surface area contributed by atoms with Crippen LogP contribution in [0.1, 0.15) is 19.8 Å². The number of carbonyl (C=O) groups is 2. The Kier molecular flexibility index (Phi) is 6.39. The van der Waals surface area contributed by atoms with Crippen molar-refractivity contribution in [3.63, 3.8) is 0 Å². The van der Waals surface area contributed by atoms with Crippen LogP contribution in [-0.2, 0) is 14.3 Å². The van der Waals surface area contributed by atoms with Crippen LogP contribution >= 0.6 is 0 Å². The Morgan fingerprint density at radius 2 is 1.65 bits per heavy atom. The van der Waals surface area contributed by atoms with Crippen LogP contribution in [0.25, 0.3) is 11.0 Å². The molecular weight excluding hydrogens is 398 g/mol. The molecule has 1 aromatic carbocycles. The maximum absolute atomic E-state index is 12.2. The third kappa shape index (κ3) is 4.50. The number of benzene rings is 1. The van der Waals surface area contributed by atoms with Gasteiger partial charge in [-0.05, 0) is 31.9 Å². The van der Waals surface area contributed by atoms with Crippen LogP contribution in [0.4, 0.5) is 16.4 Å². The number of methoxy groups -OCH3 is 1. The molecule has 2 aliphatic rings. The van der Waals surface area contributed by atoms with Crippen LogP contribution in [0.5, 0.6) is 0 Å². The number of amides is 1. The number of hydrogen-bond donors (Lipinski definition) is 0. The summed E-state index contributed by atoms with van der Waals surface area (Å²) >= 11 is 0. The number of nitrogens with zero attached hydrogens (tertiary/aromatic N) is 5. The molecule has 0 spiro atoms. The molecule has 9 nitrogen and oxygen atoms in total. The highest BCUT2D eigenvalue weighted by molar-refractivity contribution is 5.81. The van der Waals surface area contributed by atoms with Gasteiger partial charge in [-0.25, -0.2) is 14.8 Å². The fourth-order valence-corrected chi connectivity index (χ4v) is 4.25. The Hall–Kier alpha value is -3.10. The van der Waals surface area contributed by atoms with E-state index in [1.165, 1.54) is 7.11 Å². The topological polar surface area (TPSA) is 88.1 Å². The molecule has 166 valence electrons. The fourth-order valence-electron chi connectivity index (χ4n) is 4.25. The maximum atomic E-state index is 12.2. The summed E-state index contributed by atoms with van der Waals surface area (Å²) in [6, 6.07) is 7.81. The number of piperidine rings is 1. The molecule has 2 fully saturated rings. The highest BCUT2D eigenvalue weighted by Crippen LogP contribution is 2.32. The first-order valence-corrected chi connectivity index (χ1v) is 10.9. The molecule has 4 rings (SSSR count). The Morgan fingerprint density at radius 1 is 1.00 bits per heavy atom. The van der Waals surface area contributed by atoms with Crippen LogP contribution in [-0.4, -0.2) is 79.9 Å². The molecule has 3 heterocycles. The summed E-state index contributed by atoms with van der Waals surface area (Å²) in [6.45, 7) is 5.99. The minimum Gasteiger partial charge on any atom is -0.469 e. The van der Waals surface area contributed by atoms with Gasteiger partial charge in [-0.3, -0.25) is 4.79 Å². The van der Waals surface area contributed by atoms with Crippen molar-refractivity contribution >= 4 is 34.7 Å². The van der Waals surface area contributed by atoms with Crippen molar-refractivity contribution in [3.05, 3.63) is 24.3 Å². The summed E-state index contributed by atoms with van der Waals surface area (Å²) in [5.41, 5.74) is 1.65. The minimum absolute atomic E-state index is 0.166. The lowest BCUT2D eigenvalue weighted by Gasteiger charge is -2.38. The summed E-state index contributed by atoms with van der Waals surface area (Å²) in [7, 11) is 1.44. The number of rotatable bonds is 4. The molecule has 1 unspecified atom stereocenters. The molecule has 1 amide bonds. The van der Waals surface area contributed by atoms with Crippen LogP contribution in [0.2, 0.25) is 0 Å². The van der Waals surface area contributed by atoms with Crippen molar-refractivity contribution in [2.75, 3.05) is 62.8 Å². The number of ether oxygens (including phenoxy) is 2. The molecule has 2 saturated heterocycles. The Labute approximate surface area is 181 Å². The Balaban J connectivity index is 1.62. The van der Waals surface area contributed by atoms with Gasteiger partial charge in [-0.15, -0.1) is 0 Å². The summed E-state index contributed by atoms with van der Waals surface area (Å²) in [5.74, 6) is 1.24. The molecule has 2 aliphatic heterocycles. The molecule has 0 N–H and O–H groups in total. The molecule has 1 atom stereocenters. The van der Waals surface area contributed by atoms with E-state index in [4.69, 9.17) is 19.4 Å². The van der Waals surface area contributed by atoms with Crippen LogP contribution in [0, 0.1) is 5.92 Å². The SMILES string of the molecule is CCOC(=O)N1CCN(c2nc3ccccc3nc2N2CCCC(C(=O)OC)C2)CC1. The Bertz CT molecular complexity index is 945. The third-order valence-electron chi connectivity index (χ3n) is 5.90. The molecular formula is C22H29N5O4. The monoisotopic (exact) mass is 427 g/mol. The average Bonchev–Trinajstić information content (AvgIpc) is 2.83. The van der Waals surface area contributed by atoms with Gasteiger partial charge in [0.15, 0.2) is 11.6 Å². The number of fused-ring (bicyclic) bond motifs is 1. The van der Waals surface area contributed by atoms with E-state index in [-0.39, 0.29) is 18.0 Å². The van der Waals surface area contributed by atoms with Crippen molar-refractivity contribution in [3.8, 4) is 0 Å². The van der Waals surface area contributed by atoms with E-state index in [1.807, 2.05) is 31.2 Å². The summed E-state index contributed by atoms with van der Waals surface area (Å²) in [5, 5.41) is 0. The van der Waals surface area contributed by atoms with Gasteiger partial charge < -0.3 is 24.2 Å². The second-order valence-corrected chi connectivity index (χ2v) is 7.84. The van der Waals surface area contributed by atoms with Crippen molar-refractivity contribution < 1.29 is 19.1 Å². The average molecular weight is 428 g/mol. The predicted molar refractivity (Wildman–Crippen MR) is 117 cm³/mol. The Morgan fingerprint density at radius 3 is 2.26 bits per heavy atom. The first-order valence-electron chi connectivity index (χ1n) is 10.9. The second-order valence-electron chi connectivity index (χ2n) is 7.84. The molecule has 9 heteroatoms. The van der Waals surface area contributed by atoms with Crippen molar-refractivity contribution in [2.24, 2.45) is 5.92 Å². The lowest BCUT2D eigenvalue weighted by atomic mass is 9.98. The van der Waals surface area contributed by atoms with Crippen molar-refractivity contribution in [1.82, 2.24) is 14.9 Å². The summed E-state index contributed by atoms with van der Waals surface area (Å²) in [6.07, 6.45) is 1.44. The quantitative estimate of drug-likeness (QED) is 0.687. The largest absolute Gasteiger partial charge is 0.469 e. The first-order chi connectivity index (χ1) is 15.1. The molecule has 0 bridgehead atoms. The molecule has 0 aliphatic carbocycles. The summed E-state index contributed by atoms with van der Waals surface area (Å²) < 4.78 is 10.1. The van der Waals surface area contributed by atoms with Gasteiger partial charge in [-0.2, -0.15) is 0 Å². The normalized spacial score (nSPS) is 19.4. The number of hydrogen-bond acceptors (Lipinski definition) is 8. The zero-order valence-electron chi connectivity index (χ0n) is 18.1. The number of anilines is 2. The zero-order valence-corrected chi connectivity index (χ0v) is 18.1. The van der Waals surface area contributed by atoms with E-state index in [9.17, 15) is 9.59 Å². The van der Waals surface area contributed by atoms with Crippen molar-refractivity contribution in [1.29, 1.82) is 0 Å². The van der Waals surface area contributed by atoms with E-state index in [2.05, 4.69) is 9.80 Å². The number of piperazine rings is 1. The van der Waals surface area contributed by atoms with Gasteiger partial charge >= 0.3 is 12.1 Å². The molecule has 31 heavy (non-hydrogen) atoms. The van der Waals surface area contributed by atoms with E-state index in [1.54, 1.807) is 4.90 Å². The highest BCUT2D eigenvalue weighted by Gasteiger charge is 2.31. The molecule has 0 saturated carbocycles. The molecule has 1 aromatic heterocycles. The predicted octanol–water partition coefficient (Wildman–Crippen LogP) is 2.30. The molecule has 2 aromatic rings. The fraction of sp³-hybridized carbons (Fsp3) is 0.545. The van der Waals surface area contributed by atoms with Crippen LogP contribution in [0.15, 0.2) is 24.3 Å². The van der Waals surface area contributed by atoms with Gasteiger partial charge in [0.25, 0.3) is 0 Å². The number of esters is 1. The third-order valence-corrected chi connectivity index (χ3v) is 5.90. The van der Waals surface area contributed by atoms with E-state index >= 15 is 0 Å². The van der Waals surface area contributed by atoms with Crippen LogP contribution in [0.3, 0.4) is 0 Å². The molecule has 0 radical (unpaired) electrons. The second kappa shape index (κ2) is 9.36. The smallest absolute Gasteiger partial charge is 0.409 e.